The van der Waals surface area contributed by atoms with E-state index in [1.807, 2.05) is 0 Å². The molecule has 2 aliphatic rings. The topological polar surface area (TPSA) is 154 Å². The molecule has 14 heteroatoms. The van der Waals surface area contributed by atoms with Crippen molar-refractivity contribution in [1.82, 2.24) is 35.9 Å². The van der Waals surface area contributed by atoms with E-state index in [2.05, 4.69) is 59.6 Å². The van der Waals surface area contributed by atoms with Crippen molar-refractivity contribution in [1.29, 1.82) is 0 Å². The highest BCUT2D eigenvalue weighted by Crippen LogP contribution is 2.26. The van der Waals surface area contributed by atoms with Crippen LogP contribution < -0.4 is 31.9 Å². The second kappa shape index (κ2) is 12.3. The van der Waals surface area contributed by atoms with Crippen LogP contribution in [0.4, 0.5) is 23.0 Å². The van der Waals surface area contributed by atoms with Gasteiger partial charge in [-0.3, -0.25) is 9.69 Å². The van der Waals surface area contributed by atoms with Gasteiger partial charge >= 0.3 is 0 Å². The van der Waals surface area contributed by atoms with Gasteiger partial charge in [-0.1, -0.05) is 23.2 Å². The second-order valence-corrected chi connectivity index (χ2v) is 9.39. The molecule has 2 fully saturated rings. The van der Waals surface area contributed by atoms with E-state index in [0.717, 1.165) is 50.6 Å². The fourth-order valence-corrected chi connectivity index (χ4v) is 4.39. The van der Waals surface area contributed by atoms with E-state index in [4.69, 9.17) is 34.7 Å². The van der Waals surface area contributed by atoms with Gasteiger partial charge in [0.25, 0.3) is 0 Å². The number of carbonyl (C=O) groups is 1. The van der Waals surface area contributed by atoms with Crippen molar-refractivity contribution in [2.45, 2.75) is 25.9 Å². The minimum atomic E-state index is 0.0263. The third-order valence-electron chi connectivity index (χ3n) is 5.98. The second-order valence-electron chi connectivity index (χ2n) is 8.61. The molecule has 12 nitrogen and oxygen atoms in total. The number of hydrogen-bond donors (Lipinski definition) is 4. The Balaban J connectivity index is 0.000000203. The van der Waals surface area contributed by atoms with Crippen LogP contribution in [0.1, 0.15) is 13.8 Å². The first-order valence-corrected chi connectivity index (χ1v) is 12.2. The highest BCUT2D eigenvalue weighted by atomic mass is 35.5. The third-order valence-corrected chi connectivity index (χ3v) is 6.35. The van der Waals surface area contributed by atoms with Crippen LogP contribution in [0.2, 0.25) is 10.3 Å². The Hall–Kier alpha value is -2.67. The van der Waals surface area contributed by atoms with E-state index in [1.54, 1.807) is 19.2 Å². The average Bonchev–Trinajstić information content (AvgIpc) is 2.83. The molecule has 0 spiro atoms. The maximum atomic E-state index is 11.5. The molecule has 2 aromatic rings. The molecule has 0 aromatic carbocycles. The van der Waals surface area contributed by atoms with Crippen molar-refractivity contribution in [3.05, 3.63) is 22.4 Å². The number of amides is 1. The van der Waals surface area contributed by atoms with Crippen LogP contribution in [0.5, 0.6) is 0 Å². The number of rotatable bonds is 4. The first-order chi connectivity index (χ1) is 16.7. The van der Waals surface area contributed by atoms with Crippen molar-refractivity contribution < 1.29 is 4.79 Å². The Kier molecular flexibility index (Phi) is 9.49. The molecule has 0 unspecified atom stereocenters. The Morgan fingerprint density at radius 3 is 2.09 bits per heavy atom. The van der Waals surface area contributed by atoms with Gasteiger partial charge in [0.05, 0.1) is 17.9 Å². The number of aromatic nitrogens is 4. The zero-order valence-corrected chi connectivity index (χ0v) is 21.7. The average molecular weight is 526 g/mol. The summed E-state index contributed by atoms with van der Waals surface area (Å²) in [6, 6.07) is 4.19. The third kappa shape index (κ3) is 7.40. The van der Waals surface area contributed by atoms with Gasteiger partial charge in [-0.25, -0.2) is 0 Å². The molecule has 4 rings (SSSR count). The molecule has 2 aliphatic heterocycles. The summed E-state index contributed by atoms with van der Waals surface area (Å²) in [7, 11) is 1.65. The molecule has 6 N–H and O–H groups in total. The minimum Gasteiger partial charge on any atom is -0.380 e. The number of piperazine rings is 2. The molecule has 192 valence electrons. The first kappa shape index (κ1) is 26.9. The van der Waals surface area contributed by atoms with Crippen LogP contribution in [0.3, 0.4) is 0 Å². The van der Waals surface area contributed by atoms with Crippen LogP contribution in [0.25, 0.3) is 0 Å². The van der Waals surface area contributed by atoms with Crippen LogP contribution >= 0.6 is 23.2 Å². The summed E-state index contributed by atoms with van der Waals surface area (Å²) in [5.41, 5.74) is 13.3. The predicted molar refractivity (Wildman–Crippen MR) is 140 cm³/mol. The quantitative estimate of drug-likeness (QED) is 0.440. The molecule has 4 heterocycles. The number of nitrogens with one attached hydrogen (secondary N) is 2. The SMILES string of the molecule is CNC(=O)CN1CCN(c2cc(Cl)nnc2N)C[C@H]1C.C[C@@H]1CN(c2cc(Cl)nnc2N)CCN1. The van der Waals surface area contributed by atoms with Crippen molar-refractivity contribution in [2.75, 3.05) is 74.1 Å². The lowest BCUT2D eigenvalue weighted by atomic mass is 10.1. The molecule has 0 aliphatic carbocycles. The van der Waals surface area contributed by atoms with Crippen LogP contribution in [0.15, 0.2) is 12.1 Å². The van der Waals surface area contributed by atoms with E-state index in [1.165, 1.54) is 0 Å². The van der Waals surface area contributed by atoms with Gasteiger partial charge in [0.1, 0.15) is 0 Å². The summed E-state index contributed by atoms with van der Waals surface area (Å²) in [5.74, 6) is 0.841. The van der Waals surface area contributed by atoms with Gasteiger partial charge in [0.2, 0.25) is 5.91 Å². The van der Waals surface area contributed by atoms with E-state index in [0.29, 0.717) is 34.5 Å². The molecule has 2 saturated heterocycles. The summed E-state index contributed by atoms with van der Waals surface area (Å²) in [5, 5.41) is 21.8. The van der Waals surface area contributed by atoms with Gasteiger partial charge in [0, 0.05) is 70.5 Å². The Morgan fingerprint density at radius 1 is 1.00 bits per heavy atom. The largest absolute Gasteiger partial charge is 0.380 e. The summed E-state index contributed by atoms with van der Waals surface area (Å²) in [6.45, 7) is 9.73. The lowest BCUT2D eigenvalue weighted by Crippen LogP contribution is -2.54. The normalized spacial score (nSPS) is 20.7. The molecular weight excluding hydrogens is 493 g/mol. The molecule has 2 aromatic heterocycles. The summed E-state index contributed by atoms with van der Waals surface area (Å²) < 4.78 is 0. The maximum absolute atomic E-state index is 11.5. The zero-order chi connectivity index (χ0) is 25.5. The van der Waals surface area contributed by atoms with Crippen LogP contribution in [-0.2, 0) is 4.79 Å². The summed E-state index contributed by atoms with van der Waals surface area (Å²) in [4.78, 5) is 17.9. The van der Waals surface area contributed by atoms with Gasteiger partial charge < -0.3 is 31.9 Å². The fraction of sp³-hybridized carbons (Fsp3) is 0.571. The van der Waals surface area contributed by atoms with Crippen molar-refractivity contribution in [3.8, 4) is 0 Å². The molecule has 2 atom stereocenters. The van der Waals surface area contributed by atoms with Gasteiger partial charge in [0.15, 0.2) is 21.9 Å². The van der Waals surface area contributed by atoms with Gasteiger partial charge in [-0.05, 0) is 13.8 Å². The molecule has 0 radical (unpaired) electrons. The highest BCUT2D eigenvalue weighted by Gasteiger charge is 2.26. The molecular formula is C21H33Cl2N11O. The lowest BCUT2D eigenvalue weighted by molar-refractivity contribution is -0.122. The summed E-state index contributed by atoms with van der Waals surface area (Å²) >= 11 is 11.7. The Bertz CT molecular complexity index is 1010. The number of halogens is 2. The zero-order valence-electron chi connectivity index (χ0n) is 20.2. The van der Waals surface area contributed by atoms with Crippen molar-refractivity contribution in [2.24, 2.45) is 0 Å². The smallest absolute Gasteiger partial charge is 0.233 e. The molecule has 0 bridgehead atoms. The highest BCUT2D eigenvalue weighted by molar-refractivity contribution is 6.30. The molecule has 1 amide bonds. The number of likely N-dealkylation sites (N-methyl/N-ethyl adjacent to an activating group) is 1. The monoisotopic (exact) mass is 525 g/mol. The Morgan fingerprint density at radius 2 is 1.57 bits per heavy atom. The predicted octanol–water partition coefficient (Wildman–Crippen LogP) is 0.479. The number of anilines is 4. The number of hydrogen-bond acceptors (Lipinski definition) is 11. The van der Waals surface area contributed by atoms with E-state index >= 15 is 0 Å². The van der Waals surface area contributed by atoms with E-state index < -0.39 is 0 Å². The number of carbonyl (C=O) groups excluding carboxylic acids is 1. The Labute approximate surface area is 215 Å². The van der Waals surface area contributed by atoms with Gasteiger partial charge in [-0.15, -0.1) is 20.4 Å². The standard InChI is InChI=1S/C12H19ClN6O.C9H14ClN5/c1-8-6-19(4-3-18(8)7-11(20)15-2)9-5-10(13)16-17-12(9)14;1-6-5-15(3-2-12-6)7-4-8(10)13-14-9(7)11/h5,8H,3-4,6-7H2,1-2H3,(H2,14,17)(H,15,20);4,6,12H,2-3,5H2,1H3,(H2,11,14)/t8-;6-/m11/s1. The van der Waals surface area contributed by atoms with Crippen LogP contribution in [-0.4, -0.2) is 96.1 Å². The summed E-state index contributed by atoms with van der Waals surface area (Å²) in [6.07, 6.45) is 0. The van der Waals surface area contributed by atoms with Crippen LogP contribution in [0, 0.1) is 0 Å². The number of nitrogen functional groups attached to an aromatic ring is 2. The number of nitrogens with two attached hydrogens (primary N) is 2. The van der Waals surface area contributed by atoms with Crippen molar-refractivity contribution in [3.63, 3.8) is 0 Å². The maximum Gasteiger partial charge on any atom is 0.233 e. The van der Waals surface area contributed by atoms with E-state index in [9.17, 15) is 4.79 Å². The lowest BCUT2D eigenvalue weighted by Gasteiger charge is -2.40. The van der Waals surface area contributed by atoms with E-state index in [-0.39, 0.29) is 11.9 Å². The molecule has 35 heavy (non-hydrogen) atoms. The fourth-order valence-electron chi connectivity index (χ4n) is 4.11. The minimum absolute atomic E-state index is 0.0263. The first-order valence-electron chi connectivity index (χ1n) is 11.4. The van der Waals surface area contributed by atoms with Crippen molar-refractivity contribution >= 4 is 52.1 Å². The molecule has 0 saturated carbocycles. The van der Waals surface area contributed by atoms with Gasteiger partial charge in [-0.2, -0.15) is 0 Å². The number of nitrogens with zero attached hydrogens (tertiary/aromatic N) is 7.